The van der Waals surface area contributed by atoms with Crippen molar-refractivity contribution < 1.29 is 14.6 Å². The Balaban J connectivity index is 2.35. The quantitative estimate of drug-likeness (QED) is 0.640. The normalized spacial score (nSPS) is 24.7. The third-order valence-electron chi connectivity index (χ3n) is 3.59. The Morgan fingerprint density at radius 3 is 2.17 bits per heavy atom. The van der Waals surface area contributed by atoms with Crippen molar-refractivity contribution in [2.75, 3.05) is 39.5 Å². The number of hydrogen-bond donors (Lipinski definition) is 1. The molecule has 0 radical (unpaired) electrons. The second kappa shape index (κ2) is 9.73. The first-order valence-corrected chi connectivity index (χ1v) is 7.35. The van der Waals surface area contributed by atoms with E-state index in [1.165, 1.54) is 6.42 Å². The molecule has 0 bridgehead atoms. The van der Waals surface area contributed by atoms with Crippen LogP contribution < -0.4 is 0 Å². The smallest absolute Gasteiger partial charge is 0.0593 e. The van der Waals surface area contributed by atoms with Crippen LogP contribution in [0.5, 0.6) is 0 Å². The van der Waals surface area contributed by atoms with Crippen molar-refractivity contribution in [1.82, 2.24) is 4.90 Å². The third-order valence-corrected chi connectivity index (χ3v) is 3.59. The zero-order valence-corrected chi connectivity index (χ0v) is 11.9. The molecule has 0 aromatic heterocycles. The molecule has 1 aliphatic carbocycles. The van der Waals surface area contributed by atoms with Gasteiger partial charge in [0.05, 0.1) is 19.3 Å². The number of rotatable bonds is 9. The summed E-state index contributed by atoms with van der Waals surface area (Å²) in [7, 11) is 0. The molecule has 1 fully saturated rings. The zero-order chi connectivity index (χ0) is 13.2. The van der Waals surface area contributed by atoms with E-state index in [0.29, 0.717) is 6.04 Å². The summed E-state index contributed by atoms with van der Waals surface area (Å²) in [5.74, 6) is 0. The van der Waals surface area contributed by atoms with Crippen molar-refractivity contribution in [3.63, 3.8) is 0 Å². The molecule has 4 heteroatoms. The van der Waals surface area contributed by atoms with Crippen LogP contribution >= 0.6 is 0 Å². The number of nitrogens with zero attached hydrogens (tertiary/aromatic N) is 1. The van der Waals surface area contributed by atoms with E-state index < -0.39 is 0 Å². The topological polar surface area (TPSA) is 41.9 Å². The van der Waals surface area contributed by atoms with E-state index in [4.69, 9.17) is 9.47 Å². The summed E-state index contributed by atoms with van der Waals surface area (Å²) >= 11 is 0. The maximum absolute atomic E-state index is 9.78. The predicted octanol–water partition coefficient (Wildman–Crippen LogP) is 1.66. The van der Waals surface area contributed by atoms with Gasteiger partial charge in [-0.2, -0.15) is 0 Å². The molecule has 0 aromatic carbocycles. The fraction of sp³-hybridized carbons (Fsp3) is 1.00. The molecule has 4 nitrogen and oxygen atoms in total. The van der Waals surface area contributed by atoms with Crippen LogP contribution in [0.4, 0.5) is 0 Å². The van der Waals surface area contributed by atoms with Gasteiger partial charge in [0.2, 0.25) is 0 Å². The van der Waals surface area contributed by atoms with E-state index in [1.807, 2.05) is 13.8 Å². The molecular formula is C14H29NO3. The summed E-state index contributed by atoms with van der Waals surface area (Å²) < 4.78 is 10.9. The molecule has 0 spiro atoms. The number of aliphatic hydroxyl groups excluding tert-OH is 1. The molecule has 0 heterocycles. The largest absolute Gasteiger partial charge is 0.393 e. The van der Waals surface area contributed by atoms with Crippen molar-refractivity contribution in [3.05, 3.63) is 0 Å². The third kappa shape index (κ3) is 6.14. The number of ether oxygens (including phenoxy) is 2. The Bertz CT molecular complexity index is 191. The molecule has 1 saturated carbocycles. The van der Waals surface area contributed by atoms with E-state index in [1.54, 1.807) is 0 Å². The summed E-state index contributed by atoms with van der Waals surface area (Å²) in [4.78, 5) is 2.42. The SMILES string of the molecule is CCOCCN(CCOCC)C1CCCC(O)C1. The molecule has 2 unspecified atom stereocenters. The molecule has 108 valence electrons. The average molecular weight is 259 g/mol. The van der Waals surface area contributed by atoms with Crippen LogP contribution in [-0.4, -0.2) is 61.7 Å². The average Bonchev–Trinajstić information content (AvgIpc) is 2.37. The maximum atomic E-state index is 9.78. The lowest BCUT2D eigenvalue weighted by molar-refractivity contribution is 0.0243. The highest BCUT2D eigenvalue weighted by atomic mass is 16.5. The Hall–Kier alpha value is -0.160. The van der Waals surface area contributed by atoms with Gasteiger partial charge in [-0.3, -0.25) is 4.90 Å². The first kappa shape index (κ1) is 15.9. The highest BCUT2D eigenvalue weighted by Gasteiger charge is 2.25. The van der Waals surface area contributed by atoms with Crippen LogP contribution in [0.2, 0.25) is 0 Å². The van der Waals surface area contributed by atoms with Crippen molar-refractivity contribution in [2.45, 2.75) is 51.7 Å². The second-order valence-electron chi connectivity index (χ2n) is 4.90. The van der Waals surface area contributed by atoms with Crippen LogP contribution in [0.15, 0.2) is 0 Å². The van der Waals surface area contributed by atoms with E-state index >= 15 is 0 Å². The van der Waals surface area contributed by atoms with Gasteiger partial charge >= 0.3 is 0 Å². The van der Waals surface area contributed by atoms with Gasteiger partial charge in [-0.1, -0.05) is 0 Å². The summed E-state index contributed by atoms with van der Waals surface area (Å²) in [6.07, 6.45) is 4.06. The molecule has 1 N–H and O–H groups in total. The fourth-order valence-corrected chi connectivity index (χ4v) is 2.60. The van der Waals surface area contributed by atoms with Crippen LogP contribution in [0.3, 0.4) is 0 Å². The predicted molar refractivity (Wildman–Crippen MR) is 72.8 cm³/mol. The fourth-order valence-electron chi connectivity index (χ4n) is 2.60. The van der Waals surface area contributed by atoms with Crippen LogP contribution in [0.25, 0.3) is 0 Å². The van der Waals surface area contributed by atoms with Crippen LogP contribution in [0, 0.1) is 0 Å². The van der Waals surface area contributed by atoms with Gasteiger partial charge in [0.25, 0.3) is 0 Å². The van der Waals surface area contributed by atoms with Gasteiger partial charge in [-0.05, 0) is 39.5 Å². The van der Waals surface area contributed by atoms with E-state index in [-0.39, 0.29) is 6.10 Å². The lowest BCUT2D eigenvalue weighted by Gasteiger charge is -2.36. The second-order valence-corrected chi connectivity index (χ2v) is 4.90. The molecule has 1 aliphatic rings. The van der Waals surface area contributed by atoms with E-state index in [0.717, 1.165) is 58.8 Å². The lowest BCUT2D eigenvalue weighted by atomic mass is 9.92. The Morgan fingerprint density at radius 1 is 1.06 bits per heavy atom. The summed E-state index contributed by atoms with van der Waals surface area (Å²) in [5.41, 5.74) is 0. The van der Waals surface area contributed by atoms with Crippen LogP contribution in [-0.2, 0) is 9.47 Å². The monoisotopic (exact) mass is 259 g/mol. The standard InChI is InChI=1S/C14H29NO3/c1-3-17-10-8-15(9-11-18-4-2)13-6-5-7-14(16)12-13/h13-14,16H,3-12H2,1-2H3. The molecule has 0 aromatic rings. The van der Waals surface area contributed by atoms with E-state index in [9.17, 15) is 5.11 Å². The number of hydrogen-bond acceptors (Lipinski definition) is 4. The minimum Gasteiger partial charge on any atom is -0.393 e. The molecule has 2 atom stereocenters. The maximum Gasteiger partial charge on any atom is 0.0593 e. The van der Waals surface area contributed by atoms with Gasteiger partial charge in [0.1, 0.15) is 0 Å². The van der Waals surface area contributed by atoms with Crippen LogP contribution in [0.1, 0.15) is 39.5 Å². The molecule has 1 rings (SSSR count). The first-order chi connectivity index (χ1) is 8.77. The van der Waals surface area contributed by atoms with E-state index in [2.05, 4.69) is 4.90 Å². The van der Waals surface area contributed by atoms with Gasteiger partial charge < -0.3 is 14.6 Å². The Morgan fingerprint density at radius 2 is 1.67 bits per heavy atom. The Kier molecular flexibility index (Phi) is 8.59. The van der Waals surface area contributed by atoms with Crippen molar-refractivity contribution in [1.29, 1.82) is 0 Å². The first-order valence-electron chi connectivity index (χ1n) is 7.35. The van der Waals surface area contributed by atoms with Gasteiger partial charge in [-0.25, -0.2) is 0 Å². The van der Waals surface area contributed by atoms with Crippen molar-refractivity contribution in [3.8, 4) is 0 Å². The minimum atomic E-state index is -0.120. The minimum absolute atomic E-state index is 0.120. The molecule has 0 aliphatic heterocycles. The lowest BCUT2D eigenvalue weighted by Crippen LogP contribution is -2.43. The molecule has 18 heavy (non-hydrogen) atoms. The molecule has 0 amide bonds. The van der Waals surface area contributed by atoms with Gasteiger partial charge in [0.15, 0.2) is 0 Å². The highest BCUT2D eigenvalue weighted by Crippen LogP contribution is 2.22. The van der Waals surface area contributed by atoms with Gasteiger partial charge in [-0.15, -0.1) is 0 Å². The van der Waals surface area contributed by atoms with Crippen molar-refractivity contribution >= 4 is 0 Å². The van der Waals surface area contributed by atoms with Crippen molar-refractivity contribution in [2.24, 2.45) is 0 Å². The summed E-state index contributed by atoms with van der Waals surface area (Å²) in [6, 6.07) is 0.495. The highest BCUT2D eigenvalue weighted by molar-refractivity contribution is 4.80. The van der Waals surface area contributed by atoms with Gasteiger partial charge in [0, 0.05) is 32.3 Å². The summed E-state index contributed by atoms with van der Waals surface area (Å²) in [6.45, 7) is 9.02. The summed E-state index contributed by atoms with van der Waals surface area (Å²) in [5, 5.41) is 9.78. The molecule has 0 saturated heterocycles. The molecular weight excluding hydrogens is 230 g/mol. The zero-order valence-electron chi connectivity index (χ0n) is 11.9. The Labute approximate surface area is 111 Å². The number of aliphatic hydroxyl groups is 1.